The zero-order chi connectivity index (χ0) is 18.9. The summed E-state index contributed by atoms with van der Waals surface area (Å²) in [4.78, 5) is 2.32. The first-order chi connectivity index (χ1) is 13.2. The van der Waals surface area contributed by atoms with Crippen molar-refractivity contribution < 1.29 is 14.9 Å². The molecule has 3 rings (SSSR count). The van der Waals surface area contributed by atoms with Crippen LogP contribution in [0.4, 0.5) is 0 Å². The van der Waals surface area contributed by atoms with E-state index in [9.17, 15) is 10.2 Å². The predicted octanol–water partition coefficient (Wildman–Crippen LogP) is 2.13. The standard InChI is InChI=1S/C22H30N2O3/c25-20(11-12-24-13-15-27-16-14-24)17-23-21(18-7-3-1-4-8-18)22(26)19-9-5-2-6-10-19/h1-10,20-23,25-26H,11-17H2. The molecule has 0 amide bonds. The molecular weight excluding hydrogens is 340 g/mol. The van der Waals surface area contributed by atoms with E-state index in [4.69, 9.17) is 4.74 Å². The minimum absolute atomic E-state index is 0.272. The van der Waals surface area contributed by atoms with Crippen molar-refractivity contribution in [2.45, 2.75) is 24.7 Å². The summed E-state index contributed by atoms with van der Waals surface area (Å²) in [6, 6.07) is 19.3. The second-order valence-corrected chi connectivity index (χ2v) is 7.05. The second-order valence-electron chi connectivity index (χ2n) is 7.05. The van der Waals surface area contributed by atoms with Gasteiger partial charge in [0.25, 0.3) is 0 Å². The van der Waals surface area contributed by atoms with Gasteiger partial charge in [-0.1, -0.05) is 60.7 Å². The second kappa shape index (κ2) is 10.5. The molecule has 0 aromatic heterocycles. The first-order valence-electron chi connectivity index (χ1n) is 9.73. The largest absolute Gasteiger partial charge is 0.392 e. The van der Waals surface area contributed by atoms with Crippen molar-refractivity contribution in [2.75, 3.05) is 39.4 Å². The number of hydrogen-bond acceptors (Lipinski definition) is 5. The van der Waals surface area contributed by atoms with Crippen LogP contribution in [0.2, 0.25) is 0 Å². The van der Waals surface area contributed by atoms with Gasteiger partial charge in [-0.25, -0.2) is 0 Å². The van der Waals surface area contributed by atoms with Gasteiger partial charge >= 0.3 is 0 Å². The molecule has 5 nitrogen and oxygen atoms in total. The Morgan fingerprint density at radius 2 is 1.48 bits per heavy atom. The fourth-order valence-corrected chi connectivity index (χ4v) is 3.44. The molecule has 3 atom stereocenters. The third kappa shape index (κ3) is 6.13. The Hall–Kier alpha value is -1.76. The summed E-state index contributed by atoms with van der Waals surface area (Å²) in [5, 5.41) is 24.7. The molecule has 1 aliphatic heterocycles. The molecule has 2 aromatic carbocycles. The van der Waals surface area contributed by atoms with Crippen LogP contribution >= 0.6 is 0 Å². The third-order valence-electron chi connectivity index (χ3n) is 5.07. The minimum Gasteiger partial charge on any atom is -0.392 e. The van der Waals surface area contributed by atoms with Gasteiger partial charge in [-0.2, -0.15) is 0 Å². The number of ether oxygens (including phenoxy) is 1. The molecule has 1 heterocycles. The Balaban J connectivity index is 1.58. The lowest BCUT2D eigenvalue weighted by Crippen LogP contribution is -2.40. The lowest BCUT2D eigenvalue weighted by molar-refractivity contribution is 0.0293. The summed E-state index contributed by atoms with van der Waals surface area (Å²) >= 11 is 0. The lowest BCUT2D eigenvalue weighted by Gasteiger charge is -2.29. The monoisotopic (exact) mass is 370 g/mol. The van der Waals surface area contributed by atoms with Crippen molar-refractivity contribution in [1.82, 2.24) is 10.2 Å². The Morgan fingerprint density at radius 1 is 0.889 bits per heavy atom. The molecule has 0 saturated carbocycles. The quantitative estimate of drug-likeness (QED) is 0.631. The molecule has 27 heavy (non-hydrogen) atoms. The molecule has 0 radical (unpaired) electrons. The van der Waals surface area contributed by atoms with Crippen LogP contribution in [0.1, 0.15) is 29.7 Å². The van der Waals surface area contributed by atoms with Crippen molar-refractivity contribution in [2.24, 2.45) is 0 Å². The summed E-state index contributed by atoms with van der Waals surface area (Å²) in [7, 11) is 0. The van der Waals surface area contributed by atoms with Crippen molar-refractivity contribution in [3.63, 3.8) is 0 Å². The number of aliphatic hydroxyl groups excluding tert-OH is 2. The molecule has 5 heteroatoms. The van der Waals surface area contributed by atoms with Crippen LogP contribution in [0.5, 0.6) is 0 Å². The van der Waals surface area contributed by atoms with Crippen LogP contribution < -0.4 is 5.32 Å². The van der Waals surface area contributed by atoms with Crippen LogP contribution in [-0.4, -0.2) is 60.6 Å². The lowest BCUT2D eigenvalue weighted by atomic mass is 9.95. The molecule has 146 valence electrons. The Morgan fingerprint density at radius 3 is 2.11 bits per heavy atom. The van der Waals surface area contributed by atoms with E-state index in [0.717, 1.165) is 44.0 Å². The van der Waals surface area contributed by atoms with E-state index in [-0.39, 0.29) is 6.04 Å². The van der Waals surface area contributed by atoms with Crippen molar-refractivity contribution in [3.8, 4) is 0 Å². The van der Waals surface area contributed by atoms with Crippen LogP contribution in [0, 0.1) is 0 Å². The first-order valence-corrected chi connectivity index (χ1v) is 9.73. The summed E-state index contributed by atoms with van der Waals surface area (Å²) < 4.78 is 5.36. The summed E-state index contributed by atoms with van der Waals surface area (Å²) in [5.41, 5.74) is 1.87. The van der Waals surface area contributed by atoms with E-state index in [1.54, 1.807) is 0 Å². The van der Waals surface area contributed by atoms with Crippen LogP contribution in [0.15, 0.2) is 60.7 Å². The highest BCUT2D eigenvalue weighted by Crippen LogP contribution is 2.28. The summed E-state index contributed by atoms with van der Waals surface area (Å²) in [5.74, 6) is 0. The van der Waals surface area contributed by atoms with Gasteiger partial charge < -0.3 is 20.3 Å². The first kappa shape index (κ1) is 20.0. The van der Waals surface area contributed by atoms with Gasteiger partial charge in [0.1, 0.15) is 0 Å². The van der Waals surface area contributed by atoms with E-state index in [1.807, 2.05) is 60.7 Å². The fraction of sp³-hybridized carbons (Fsp3) is 0.455. The number of nitrogens with one attached hydrogen (secondary N) is 1. The smallest absolute Gasteiger partial charge is 0.0984 e. The molecule has 0 spiro atoms. The third-order valence-corrected chi connectivity index (χ3v) is 5.07. The maximum Gasteiger partial charge on any atom is 0.0984 e. The zero-order valence-corrected chi connectivity index (χ0v) is 15.7. The van der Waals surface area contributed by atoms with Crippen LogP contribution in [0.25, 0.3) is 0 Å². The molecule has 3 N–H and O–H groups in total. The van der Waals surface area contributed by atoms with Gasteiger partial charge in [-0.05, 0) is 17.5 Å². The number of rotatable bonds is 9. The van der Waals surface area contributed by atoms with E-state index in [0.29, 0.717) is 13.0 Å². The SMILES string of the molecule is OC(CCN1CCOCC1)CNC(c1ccccc1)C(O)c1ccccc1. The Labute approximate surface area is 161 Å². The highest BCUT2D eigenvalue weighted by molar-refractivity contribution is 5.26. The Kier molecular flexibility index (Phi) is 7.80. The van der Waals surface area contributed by atoms with E-state index < -0.39 is 12.2 Å². The molecule has 1 aliphatic rings. The molecule has 0 aliphatic carbocycles. The number of morpholine rings is 1. The van der Waals surface area contributed by atoms with Gasteiger partial charge in [-0.15, -0.1) is 0 Å². The van der Waals surface area contributed by atoms with Crippen molar-refractivity contribution in [3.05, 3.63) is 71.8 Å². The number of hydrogen-bond donors (Lipinski definition) is 3. The van der Waals surface area contributed by atoms with Gasteiger partial charge in [-0.3, -0.25) is 4.90 Å². The predicted molar refractivity (Wildman–Crippen MR) is 106 cm³/mol. The van der Waals surface area contributed by atoms with Gasteiger partial charge in [0.2, 0.25) is 0 Å². The van der Waals surface area contributed by atoms with Crippen molar-refractivity contribution in [1.29, 1.82) is 0 Å². The van der Waals surface area contributed by atoms with E-state index in [1.165, 1.54) is 0 Å². The van der Waals surface area contributed by atoms with Crippen molar-refractivity contribution >= 4 is 0 Å². The maximum absolute atomic E-state index is 10.9. The van der Waals surface area contributed by atoms with E-state index >= 15 is 0 Å². The molecular formula is C22H30N2O3. The van der Waals surface area contributed by atoms with Gasteiger partial charge in [0.05, 0.1) is 31.5 Å². The molecule has 1 saturated heterocycles. The van der Waals surface area contributed by atoms with Crippen LogP contribution in [-0.2, 0) is 4.74 Å². The molecule has 1 fully saturated rings. The Bertz CT molecular complexity index is 647. The number of aliphatic hydroxyl groups is 2. The average Bonchev–Trinajstić information content (AvgIpc) is 2.74. The number of benzene rings is 2. The molecule has 3 unspecified atom stereocenters. The topological polar surface area (TPSA) is 65.0 Å². The highest BCUT2D eigenvalue weighted by Gasteiger charge is 2.23. The zero-order valence-electron chi connectivity index (χ0n) is 15.7. The normalized spacial score (nSPS) is 18.7. The van der Waals surface area contributed by atoms with Gasteiger partial charge in [0.15, 0.2) is 0 Å². The number of nitrogens with zero attached hydrogens (tertiary/aromatic N) is 1. The van der Waals surface area contributed by atoms with Crippen LogP contribution in [0.3, 0.4) is 0 Å². The van der Waals surface area contributed by atoms with Gasteiger partial charge in [0, 0.05) is 26.2 Å². The maximum atomic E-state index is 10.9. The average molecular weight is 370 g/mol. The molecule has 0 bridgehead atoms. The minimum atomic E-state index is -0.681. The highest BCUT2D eigenvalue weighted by atomic mass is 16.5. The summed E-state index contributed by atoms with van der Waals surface area (Å²) in [6.07, 6.45) is -0.433. The summed E-state index contributed by atoms with van der Waals surface area (Å²) in [6.45, 7) is 4.71. The molecule has 2 aromatic rings. The van der Waals surface area contributed by atoms with E-state index in [2.05, 4.69) is 10.2 Å². The fourth-order valence-electron chi connectivity index (χ4n) is 3.44.